The van der Waals surface area contributed by atoms with E-state index in [0.717, 1.165) is 35.7 Å². The first-order chi connectivity index (χ1) is 10.2. The van der Waals surface area contributed by atoms with E-state index in [1.807, 2.05) is 24.3 Å². The molecule has 0 radical (unpaired) electrons. The minimum absolute atomic E-state index is 0.258. The summed E-state index contributed by atoms with van der Waals surface area (Å²) in [5.74, 6) is 0.258. The normalized spacial score (nSPS) is 23.8. The minimum Gasteiger partial charge on any atom is -0.300 e. The van der Waals surface area contributed by atoms with E-state index < -0.39 is 0 Å². The van der Waals surface area contributed by atoms with Gasteiger partial charge in [0.2, 0.25) is 0 Å². The molecule has 3 nitrogen and oxygen atoms in total. The summed E-state index contributed by atoms with van der Waals surface area (Å²) in [6, 6.07) is 8.43. The lowest BCUT2D eigenvalue weighted by molar-refractivity contribution is 0.0480. The molecule has 0 bridgehead atoms. The predicted molar refractivity (Wildman–Crippen MR) is 88.7 cm³/mol. The summed E-state index contributed by atoms with van der Waals surface area (Å²) in [4.78, 5) is 17.3. The van der Waals surface area contributed by atoms with E-state index in [9.17, 15) is 4.79 Å². The number of nitrogens with zero attached hydrogens (tertiary/aromatic N) is 2. The highest BCUT2D eigenvalue weighted by molar-refractivity contribution is 9.10. The maximum absolute atomic E-state index is 12.2. The molecule has 4 heteroatoms. The fraction of sp³-hybridized carbons (Fsp3) is 0.588. The molecule has 0 spiro atoms. The van der Waals surface area contributed by atoms with Crippen LogP contribution in [-0.2, 0) is 0 Å². The Kier molecular flexibility index (Phi) is 5.09. The van der Waals surface area contributed by atoms with Crippen molar-refractivity contribution in [1.82, 2.24) is 9.80 Å². The second kappa shape index (κ2) is 7.03. The summed E-state index contributed by atoms with van der Waals surface area (Å²) < 4.78 is 1.02. The average molecular weight is 351 g/mol. The van der Waals surface area contributed by atoms with E-state index >= 15 is 0 Å². The van der Waals surface area contributed by atoms with Crippen LogP contribution < -0.4 is 0 Å². The van der Waals surface area contributed by atoms with Gasteiger partial charge in [0.15, 0.2) is 5.78 Å². The van der Waals surface area contributed by atoms with E-state index in [1.54, 1.807) is 0 Å². The van der Waals surface area contributed by atoms with Crippen LogP contribution in [0.5, 0.6) is 0 Å². The van der Waals surface area contributed by atoms with Crippen LogP contribution in [0.3, 0.4) is 0 Å². The molecule has 0 amide bonds. The predicted octanol–water partition coefficient (Wildman–Crippen LogP) is 3.19. The van der Waals surface area contributed by atoms with Crippen LogP contribution in [-0.4, -0.2) is 54.3 Å². The molecule has 2 saturated heterocycles. The van der Waals surface area contributed by atoms with Crippen LogP contribution in [0.2, 0.25) is 0 Å². The van der Waals surface area contributed by atoms with Crippen molar-refractivity contribution < 1.29 is 4.79 Å². The van der Waals surface area contributed by atoms with Crippen molar-refractivity contribution in [2.45, 2.75) is 31.7 Å². The van der Waals surface area contributed by atoms with Gasteiger partial charge < -0.3 is 4.90 Å². The van der Waals surface area contributed by atoms with E-state index in [-0.39, 0.29) is 5.78 Å². The lowest BCUT2D eigenvalue weighted by atomic mass is 9.99. The molecule has 1 aromatic carbocycles. The fourth-order valence-corrected chi connectivity index (χ4v) is 3.73. The maximum Gasteiger partial charge on any atom is 0.164 e. The van der Waals surface area contributed by atoms with Gasteiger partial charge in [-0.2, -0.15) is 0 Å². The zero-order chi connectivity index (χ0) is 14.7. The third kappa shape index (κ3) is 3.93. The molecule has 1 aromatic rings. The largest absolute Gasteiger partial charge is 0.300 e. The van der Waals surface area contributed by atoms with Crippen LogP contribution in [0.4, 0.5) is 0 Å². The Bertz CT molecular complexity index is 488. The summed E-state index contributed by atoms with van der Waals surface area (Å²) >= 11 is 3.40. The second-order valence-electron chi connectivity index (χ2n) is 6.17. The Labute approximate surface area is 135 Å². The Morgan fingerprint density at radius 1 is 1.14 bits per heavy atom. The summed E-state index contributed by atoms with van der Waals surface area (Å²) in [6.45, 7) is 5.62. The van der Waals surface area contributed by atoms with Gasteiger partial charge in [-0.1, -0.05) is 34.5 Å². The molecule has 3 rings (SSSR count). The summed E-state index contributed by atoms with van der Waals surface area (Å²) in [5.41, 5.74) is 0.828. The van der Waals surface area contributed by atoms with Gasteiger partial charge in [-0.15, -0.1) is 0 Å². The van der Waals surface area contributed by atoms with Crippen LogP contribution in [0.25, 0.3) is 0 Å². The zero-order valence-electron chi connectivity index (χ0n) is 12.4. The number of fused-ring (bicyclic) bond motifs is 1. The number of carbonyl (C=O) groups excluding carboxylic acids is 1. The number of piperazine rings is 1. The highest BCUT2D eigenvalue weighted by atomic mass is 79.9. The molecule has 0 aromatic heterocycles. The van der Waals surface area contributed by atoms with Crippen molar-refractivity contribution in [3.63, 3.8) is 0 Å². The third-order valence-corrected chi connectivity index (χ3v) is 5.27. The number of ketones is 1. The van der Waals surface area contributed by atoms with E-state index in [4.69, 9.17) is 0 Å². The molecule has 0 saturated carbocycles. The molecule has 1 unspecified atom stereocenters. The number of benzene rings is 1. The number of hydrogen-bond donors (Lipinski definition) is 0. The smallest absolute Gasteiger partial charge is 0.164 e. The summed E-state index contributed by atoms with van der Waals surface area (Å²) in [7, 11) is 0. The van der Waals surface area contributed by atoms with Gasteiger partial charge in [-0.05, 0) is 31.5 Å². The van der Waals surface area contributed by atoms with Crippen LogP contribution >= 0.6 is 15.9 Å². The molecule has 2 aliphatic heterocycles. The number of Topliss-reactive ketones (excluding diaryl/α,β-unsaturated/α-hetero) is 1. The van der Waals surface area contributed by atoms with Crippen LogP contribution in [0, 0.1) is 0 Å². The molecule has 2 heterocycles. The topological polar surface area (TPSA) is 23.6 Å². The maximum atomic E-state index is 12.2. The van der Waals surface area contributed by atoms with Gasteiger partial charge in [-0.25, -0.2) is 0 Å². The van der Waals surface area contributed by atoms with Gasteiger partial charge in [0.05, 0.1) is 0 Å². The molecule has 21 heavy (non-hydrogen) atoms. The van der Waals surface area contributed by atoms with Crippen molar-refractivity contribution in [2.75, 3.05) is 32.7 Å². The lowest BCUT2D eigenvalue weighted by Gasteiger charge is -2.44. The molecule has 0 N–H and O–H groups in total. The first kappa shape index (κ1) is 15.2. The second-order valence-corrected chi connectivity index (χ2v) is 7.08. The van der Waals surface area contributed by atoms with Gasteiger partial charge in [0.1, 0.15) is 0 Å². The fourth-order valence-electron chi connectivity index (χ4n) is 3.46. The van der Waals surface area contributed by atoms with E-state index in [2.05, 4.69) is 25.7 Å². The zero-order valence-corrected chi connectivity index (χ0v) is 14.0. The molecule has 114 valence electrons. The molecule has 2 fully saturated rings. The minimum atomic E-state index is 0.258. The highest BCUT2D eigenvalue weighted by Crippen LogP contribution is 2.21. The van der Waals surface area contributed by atoms with Crippen LogP contribution in [0.15, 0.2) is 28.7 Å². The SMILES string of the molecule is O=C(CCN1CCN2CCCCC2C1)c1ccc(Br)cc1. The van der Waals surface area contributed by atoms with Crippen LogP contribution in [0.1, 0.15) is 36.0 Å². The Hall–Kier alpha value is -0.710. The Morgan fingerprint density at radius 3 is 2.76 bits per heavy atom. The first-order valence-electron chi connectivity index (χ1n) is 7.97. The van der Waals surface area contributed by atoms with Gasteiger partial charge >= 0.3 is 0 Å². The summed E-state index contributed by atoms with van der Waals surface area (Å²) in [6.07, 6.45) is 4.69. The molecule has 2 aliphatic rings. The quantitative estimate of drug-likeness (QED) is 0.779. The van der Waals surface area contributed by atoms with Crippen molar-refractivity contribution in [3.05, 3.63) is 34.3 Å². The Morgan fingerprint density at radius 2 is 1.95 bits per heavy atom. The lowest BCUT2D eigenvalue weighted by Crippen LogP contribution is -2.54. The summed E-state index contributed by atoms with van der Waals surface area (Å²) in [5, 5.41) is 0. The number of hydrogen-bond acceptors (Lipinski definition) is 3. The van der Waals surface area contributed by atoms with E-state index in [1.165, 1.54) is 32.4 Å². The van der Waals surface area contributed by atoms with Gasteiger partial charge in [-0.3, -0.25) is 9.69 Å². The molecular weight excluding hydrogens is 328 g/mol. The number of rotatable bonds is 4. The van der Waals surface area contributed by atoms with Crippen molar-refractivity contribution in [3.8, 4) is 0 Å². The number of carbonyl (C=O) groups is 1. The monoisotopic (exact) mass is 350 g/mol. The van der Waals surface area contributed by atoms with Gasteiger partial charge in [0, 0.05) is 48.7 Å². The highest BCUT2D eigenvalue weighted by Gasteiger charge is 2.28. The molecule has 0 aliphatic carbocycles. The average Bonchev–Trinajstić information content (AvgIpc) is 2.53. The molecule has 1 atom stereocenters. The van der Waals surface area contributed by atoms with Crippen molar-refractivity contribution in [2.24, 2.45) is 0 Å². The third-order valence-electron chi connectivity index (χ3n) is 4.74. The number of halogens is 1. The standard InChI is InChI=1S/C17H23BrN2O/c18-15-6-4-14(5-7-15)17(21)8-10-19-11-12-20-9-2-1-3-16(20)13-19/h4-7,16H,1-3,8-13H2. The van der Waals surface area contributed by atoms with Gasteiger partial charge in [0.25, 0.3) is 0 Å². The number of piperidine rings is 1. The molecular formula is C17H23BrN2O. The first-order valence-corrected chi connectivity index (χ1v) is 8.77. The van der Waals surface area contributed by atoms with Crippen molar-refractivity contribution in [1.29, 1.82) is 0 Å². The van der Waals surface area contributed by atoms with Crippen molar-refractivity contribution >= 4 is 21.7 Å². The van der Waals surface area contributed by atoms with E-state index in [0.29, 0.717) is 6.42 Å². The Balaban J connectivity index is 1.48.